The maximum absolute atomic E-state index is 4.15. The van der Waals surface area contributed by atoms with E-state index in [4.69, 9.17) is 0 Å². The molecule has 0 aliphatic rings. The van der Waals surface area contributed by atoms with Crippen molar-refractivity contribution in [1.29, 1.82) is 0 Å². The Kier molecular flexibility index (Phi) is 5.24. The quantitative estimate of drug-likeness (QED) is 0.699. The van der Waals surface area contributed by atoms with Gasteiger partial charge in [-0.05, 0) is 0 Å². The van der Waals surface area contributed by atoms with Crippen LogP contribution in [0.25, 0.3) is 0 Å². The molecule has 0 N–H and O–H groups in total. The highest BCUT2D eigenvalue weighted by atomic mass is 28.3. The van der Waals surface area contributed by atoms with Crippen LogP contribution in [-0.2, 0) is 0 Å². The Morgan fingerprint density at radius 2 is 1.00 bits per heavy atom. The first-order chi connectivity index (χ1) is 9.53. The van der Waals surface area contributed by atoms with Crippen LogP contribution in [-0.4, -0.2) is 24.2 Å². The summed E-state index contributed by atoms with van der Waals surface area (Å²) in [6.07, 6.45) is 0. The van der Waals surface area contributed by atoms with Crippen LogP contribution in [0.1, 0.15) is 0 Å². The molecular weight excluding hydrogens is 300 g/mol. The second-order valence-electron chi connectivity index (χ2n) is 7.51. The molecule has 114 valence electrons. The van der Waals surface area contributed by atoms with Crippen molar-refractivity contribution in [3.05, 3.63) is 55.0 Å². The number of hydrogen-bond donors (Lipinski definition) is 0. The predicted molar refractivity (Wildman–Crippen MR) is 108 cm³/mol. The summed E-state index contributed by atoms with van der Waals surface area (Å²) < 4.78 is 0. The first kappa shape index (κ1) is 18.1. The lowest BCUT2D eigenvalue weighted by atomic mass is 10.3. The molecule has 0 aliphatic heterocycles. The van der Waals surface area contributed by atoms with Gasteiger partial charge in [-0.15, -0.1) is 19.7 Å². The van der Waals surface area contributed by atoms with Crippen molar-refractivity contribution in [3.8, 4) is 0 Å². The van der Waals surface area contributed by atoms with Gasteiger partial charge in [-0.2, -0.15) is 0 Å². The average molecular weight is 331 g/mol. The van der Waals surface area contributed by atoms with E-state index >= 15 is 0 Å². The lowest BCUT2D eigenvalue weighted by molar-refractivity contribution is 1.70. The molecule has 1 aromatic carbocycles. The SMILES string of the molecule is C=C[Si](C)(C)c1cccc([Si](C)(C)C=C)c1[Si](C)(C)C=C. The number of hydrogen-bond acceptors (Lipinski definition) is 0. The molecule has 0 aliphatic carbocycles. The monoisotopic (exact) mass is 330 g/mol. The van der Waals surface area contributed by atoms with E-state index in [1.54, 1.807) is 15.6 Å². The van der Waals surface area contributed by atoms with Gasteiger partial charge in [-0.1, -0.05) is 90.1 Å². The van der Waals surface area contributed by atoms with Gasteiger partial charge >= 0.3 is 0 Å². The van der Waals surface area contributed by atoms with Crippen LogP contribution in [0.4, 0.5) is 0 Å². The molecule has 0 amide bonds. The molecule has 0 radical (unpaired) electrons. The molecule has 0 saturated heterocycles. The second kappa shape index (κ2) is 6.07. The summed E-state index contributed by atoms with van der Waals surface area (Å²) in [6, 6.07) is 6.90. The minimum Gasteiger partial charge on any atom is -0.107 e. The fourth-order valence-electron chi connectivity index (χ4n) is 2.64. The molecule has 0 unspecified atom stereocenters. The minimum atomic E-state index is -1.66. The number of rotatable bonds is 6. The highest BCUT2D eigenvalue weighted by Crippen LogP contribution is 2.12. The van der Waals surface area contributed by atoms with Crippen molar-refractivity contribution in [2.75, 3.05) is 0 Å². The zero-order valence-electron chi connectivity index (χ0n) is 14.6. The Morgan fingerprint density at radius 3 is 1.29 bits per heavy atom. The zero-order valence-corrected chi connectivity index (χ0v) is 17.6. The van der Waals surface area contributed by atoms with E-state index in [-0.39, 0.29) is 0 Å². The van der Waals surface area contributed by atoms with Crippen molar-refractivity contribution in [3.63, 3.8) is 0 Å². The topological polar surface area (TPSA) is 0 Å². The van der Waals surface area contributed by atoms with E-state index < -0.39 is 24.2 Å². The van der Waals surface area contributed by atoms with Gasteiger partial charge < -0.3 is 0 Å². The Labute approximate surface area is 134 Å². The van der Waals surface area contributed by atoms with Crippen molar-refractivity contribution in [2.24, 2.45) is 0 Å². The average Bonchev–Trinajstić information content (AvgIpc) is 2.46. The fraction of sp³-hybridized carbons (Fsp3) is 0.333. The van der Waals surface area contributed by atoms with E-state index in [0.29, 0.717) is 0 Å². The van der Waals surface area contributed by atoms with Crippen LogP contribution in [0.3, 0.4) is 0 Å². The molecule has 1 aromatic rings. The Morgan fingerprint density at radius 1 is 0.667 bits per heavy atom. The summed E-state index contributed by atoms with van der Waals surface area (Å²) in [5.74, 6) is 0. The molecule has 0 heterocycles. The van der Waals surface area contributed by atoms with E-state index in [9.17, 15) is 0 Å². The van der Waals surface area contributed by atoms with Gasteiger partial charge in [-0.25, -0.2) is 0 Å². The fourth-order valence-corrected chi connectivity index (χ4v) is 11.4. The summed E-state index contributed by atoms with van der Waals surface area (Å²) >= 11 is 0. The summed E-state index contributed by atoms with van der Waals surface area (Å²) in [7, 11) is -4.87. The number of benzene rings is 1. The van der Waals surface area contributed by atoms with Gasteiger partial charge in [0.05, 0.1) is 0 Å². The van der Waals surface area contributed by atoms with Gasteiger partial charge in [0, 0.05) is 0 Å². The Hall–Kier alpha value is -0.909. The molecule has 21 heavy (non-hydrogen) atoms. The predicted octanol–water partition coefficient (Wildman–Crippen LogP) is 3.61. The van der Waals surface area contributed by atoms with Crippen LogP contribution in [0, 0.1) is 0 Å². The summed E-state index contributed by atoms with van der Waals surface area (Å²) in [5.41, 5.74) is 6.62. The molecule has 0 spiro atoms. The largest absolute Gasteiger partial charge is 0.107 e. The smallest absolute Gasteiger partial charge is 0.103 e. The molecule has 0 nitrogen and oxygen atoms in total. The third kappa shape index (κ3) is 3.47. The van der Waals surface area contributed by atoms with Crippen molar-refractivity contribution in [1.82, 2.24) is 0 Å². The second-order valence-corrected chi connectivity index (χ2v) is 20.6. The maximum Gasteiger partial charge on any atom is 0.103 e. The summed E-state index contributed by atoms with van der Waals surface area (Å²) in [5, 5.41) is 4.70. The van der Waals surface area contributed by atoms with Gasteiger partial charge in [0.15, 0.2) is 0 Å². The van der Waals surface area contributed by atoms with Crippen LogP contribution >= 0.6 is 0 Å². The molecule has 1 rings (SSSR count). The first-order valence-electron chi connectivity index (χ1n) is 7.58. The van der Waals surface area contributed by atoms with E-state index in [1.165, 1.54) is 0 Å². The highest BCUT2D eigenvalue weighted by molar-refractivity contribution is 7.08. The summed E-state index contributed by atoms with van der Waals surface area (Å²) in [4.78, 5) is 0. The molecular formula is C18H30Si3. The molecule has 0 saturated carbocycles. The summed E-state index contributed by atoms with van der Waals surface area (Å²) in [6.45, 7) is 26.7. The zero-order chi connectivity index (χ0) is 16.5. The highest BCUT2D eigenvalue weighted by Gasteiger charge is 2.35. The Balaban J connectivity index is 3.86. The van der Waals surface area contributed by atoms with Gasteiger partial charge in [-0.3, -0.25) is 0 Å². The molecule has 0 bridgehead atoms. The minimum absolute atomic E-state index is 1.55. The van der Waals surface area contributed by atoms with E-state index in [0.717, 1.165) is 0 Å². The van der Waals surface area contributed by atoms with Crippen LogP contribution < -0.4 is 15.6 Å². The molecule has 3 heteroatoms. The normalized spacial score (nSPS) is 12.9. The van der Waals surface area contributed by atoms with E-state index in [1.807, 2.05) is 0 Å². The lowest BCUT2D eigenvalue weighted by Gasteiger charge is -2.35. The first-order valence-corrected chi connectivity index (χ1v) is 16.8. The Bertz CT molecular complexity index is 528. The third-order valence-corrected chi connectivity index (χ3v) is 13.6. The van der Waals surface area contributed by atoms with Crippen molar-refractivity contribution in [2.45, 2.75) is 39.3 Å². The standard InChI is InChI=1S/C18H30Si3/c1-10-19(4,5)16-14-13-15-17(20(6,7)11-2)18(16)21(8,9)12-3/h10-15H,1-3H2,4-9H3. The van der Waals surface area contributed by atoms with Gasteiger partial charge in [0.25, 0.3) is 0 Å². The molecule has 0 atom stereocenters. The lowest BCUT2D eigenvalue weighted by Crippen LogP contribution is -2.67. The van der Waals surface area contributed by atoms with E-state index in [2.05, 4.69) is 94.3 Å². The maximum atomic E-state index is 4.15. The van der Waals surface area contributed by atoms with Gasteiger partial charge in [0.2, 0.25) is 0 Å². The van der Waals surface area contributed by atoms with Gasteiger partial charge in [0.1, 0.15) is 24.2 Å². The molecule has 0 fully saturated rings. The van der Waals surface area contributed by atoms with Crippen molar-refractivity contribution < 1.29 is 0 Å². The third-order valence-electron chi connectivity index (χ3n) is 4.63. The molecule has 0 aromatic heterocycles. The van der Waals surface area contributed by atoms with Crippen LogP contribution in [0.5, 0.6) is 0 Å². The van der Waals surface area contributed by atoms with Crippen LogP contribution in [0.2, 0.25) is 39.3 Å². The van der Waals surface area contributed by atoms with Crippen molar-refractivity contribution >= 4 is 39.8 Å². The van der Waals surface area contributed by atoms with Crippen LogP contribution in [0.15, 0.2) is 55.0 Å².